The summed E-state index contributed by atoms with van der Waals surface area (Å²) in [4.78, 5) is 2.53. The lowest BCUT2D eigenvalue weighted by Crippen LogP contribution is -2.57. The van der Waals surface area contributed by atoms with E-state index in [4.69, 9.17) is 4.42 Å². The molecule has 4 nitrogen and oxygen atoms in total. The van der Waals surface area contributed by atoms with Gasteiger partial charge in [-0.15, -0.1) is 0 Å². The molecule has 0 fully saturated rings. The van der Waals surface area contributed by atoms with Crippen LogP contribution in [0.25, 0.3) is 22.8 Å². The van der Waals surface area contributed by atoms with Crippen LogP contribution in [0, 0.1) is 5.92 Å². The Kier molecular flexibility index (Phi) is 6.44. The van der Waals surface area contributed by atoms with E-state index in [1.165, 1.54) is 55.9 Å². The van der Waals surface area contributed by atoms with Gasteiger partial charge in [-0.05, 0) is 77.8 Å². The Morgan fingerprint density at radius 3 is 2.58 bits per heavy atom. The van der Waals surface area contributed by atoms with Gasteiger partial charge in [0.25, 0.3) is 0 Å². The molecule has 0 radical (unpaired) electrons. The van der Waals surface area contributed by atoms with Crippen LogP contribution in [0.5, 0.6) is 0 Å². The van der Waals surface area contributed by atoms with Crippen molar-refractivity contribution in [2.24, 2.45) is 5.92 Å². The van der Waals surface area contributed by atoms with Crippen LogP contribution in [0.1, 0.15) is 58.6 Å². The highest BCUT2D eigenvalue weighted by molar-refractivity contribution is 5.86. The lowest BCUT2D eigenvalue weighted by atomic mass is 9.76. The van der Waals surface area contributed by atoms with Gasteiger partial charge in [-0.2, -0.15) is 0 Å². The number of nitrogens with one attached hydrogen (secondary N) is 2. The molecule has 3 heterocycles. The number of hydrogen-bond donors (Lipinski definition) is 2. The van der Waals surface area contributed by atoms with Gasteiger partial charge in [-0.25, -0.2) is 0 Å². The van der Waals surface area contributed by atoms with E-state index >= 15 is 0 Å². The number of rotatable bonds is 4. The van der Waals surface area contributed by atoms with Gasteiger partial charge in [0, 0.05) is 45.6 Å². The molecule has 4 atom stereocenters. The van der Waals surface area contributed by atoms with E-state index in [1.54, 1.807) is 0 Å². The minimum atomic E-state index is -0.188. The number of benzene rings is 3. The fraction of sp³-hybridized carbons (Fsp3) is 0.182. The normalized spacial score (nSPS) is 24.6. The SMILES string of the molecule is C1=CCC2C(=C1)N(C1NC(C3=C4C=CC=CC4Cc4c3oc3c4CCC=C3)=CC(c3ccccc3)N1)c1cc(-c3ccccc3)ccc12. The monoisotopic (exact) mass is 623 g/mol. The topological polar surface area (TPSA) is 40.4 Å². The van der Waals surface area contributed by atoms with Crippen molar-refractivity contribution in [3.8, 4) is 11.1 Å². The molecule has 4 unspecified atom stereocenters. The van der Waals surface area contributed by atoms with Gasteiger partial charge in [0.05, 0.1) is 6.04 Å². The second kappa shape index (κ2) is 11.1. The van der Waals surface area contributed by atoms with Crippen LogP contribution < -0.4 is 15.5 Å². The fourth-order valence-electron chi connectivity index (χ4n) is 8.63. The third-order valence-electron chi connectivity index (χ3n) is 10.9. The van der Waals surface area contributed by atoms with Crippen LogP contribution >= 0.6 is 0 Å². The molecule has 2 N–H and O–H groups in total. The van der Waals surface area contributed by atoms with Gasteiger partial charge >= 0.3 is 0 Å². The summed E-state index contributed by atoms with van der Waals surface area (Å²) in [5, 5.41) is 8.11. The van der Waals surface area contributed by atoms with Crippen molar-refractivity contribution in [1.82, 2.24) is 10.6 Å². The highest BCUT2D eigenvalue weighted by atomic mass is 16.3. The zero-order valence-electron chi connectivity index (χ0n) is 26.8. The Morgan fingerprint density at radius 1 is 0.812 bits per heavy atom. The van der Waals surface area contributed by atoms with Crippen molar-refractivity contribution in [2.45, 2.75) is 43.9 Å². The van der Waals surface area contributed by atoms with Gasteiger partial charge in [-0.3, -0.25) is 5.32 Å². The molecule has 1 aromatic heterocycles. The molecule has 3 aromatic carbocycles. The summed E-state index contributed by atoms with van der Waals surface area (Å²) in [7, 11) is 0. The van der Waals surface area contributed by atoms with Crippen LogP contribution in [0.2, 0.25) is 0 Å². The molecule has 0 saturated heterocycles. The molecule has 4 aromatic rings. The number of furan rings is 1. The van der Waals surface area contributed by atoms with Crippen molar-refractivity contribution in [2.75, 3.05) is 4.90 Å². The largest absolute Gasteiger partial charge is 0.456 e. The van der Waals surface area contributed by atoms with Gasteiger partial charge in [0.2, 0.25) is 0 Å². The minimum Gasteiger partial charge on any atom is -0.456 e. The van der Waals surface area contributed by atoms with Crippen molar-refractivity contribution >= 4 is 17.3 Å². The average Bonchev–Trinajstić information content (AvgIpc) is 3.69. The number of nitrogens with zero attached hydrogens (tertiary/aromatic N) is 1. The van der Waals surface area contributed by atoms with Crippen molar-refractivity contribution in [1.29, 1.82) is 0 Å². The quantitative estimate of drug-likeness (QED) is 0.238. The van der Waals surface area contributed by atoms with E-state index in [-0.39, 0.29) is 12.3 Å². The summed E-state index contributed by atoms with van der Waals surface area (Å²) >= 11 is 0. The maximum atomic E-state index is 6.81. The van der Waals surface area contributed by atoms with Gasteiger partial charge in [0.15, 0.2) is 6.29 Å². The van der Waals surface area contributed by atoms with Crippen molar-refractivity contribution < 1.29 is 4.42 Å². The molecule has 0 saturated carbocycles. The number of allylic oxidation sites excluding steroid dienone is 11. The third kappa shape index (κ3) is 4.40. The molecule has 234 valence electrons. The molecule has 4 aliphatic carbocycles. The van der Waals surface area contributed by atoms with E-state index < -0.39 is 0 Å². The van der Waals surface area contributed by atoms with Gasteiger partial charge in [-0.1, -0.05) is 115 Å². The Hall–Kier alpha value is -5.32. The Bertz CT molecular complexity index is 2160. The number of fused-ring (bicyclic) bond motifs is 7. The van der Waals surface area contributed by atoms with Crippen molar-refractivity contribution in [3.05, 3.63) is 184 Å². The van der Waals surface area contributed by atoms with Crippen LogP contribution in [-0.4, -0.2) is 6.29 Å². The summed E-state index contributed by atoms with van der Waals surface area (Å²) < 4.78 is 6.81. The van der Waals surface area contributed by atoms with Crippen LogP contribution in [0.3, 0.4) is 0 Å². The first-order valence-corrected chi connectivity index (χ1v) is 17.4. The molecule has 0 bridgehead atoms. The first kappa shape index (κ1) is 27.8. The summed E-state index contributed by atoms with van der Waals surface area (Å²) in [5.74, 6) is 2.72. The van der Waals surface area contributed by atoms with Crippen LogP contribution in [0.4, 0.5) is 5.69 Å². The lowest BCUT2D eigenvalue weighted by Gasteiger charge is -2.41. The van der Waals surface area contributed by atoms with E-state index in [1.807, 2.05) is 0 Å². The zero-order valence-corrected chi connectivity index (χ0v) is 26.8. The fourth-order valence-corrected chi connectivity index (χ4v) is 8.63. The highest BCUT2D eigenvalue weighted by Gasteiger charge is 2.42. The highest BCUT2D eigenvalue weighted by Crippen LogP contribution is 2.51. The Labute approximate surface area is 281 Å². The van der Waals surface area contributed by atoms with E-state index in [9.17, 15) is 0 Å². The molecular weight excluding hydrogens is 587 g/mol. The summed E-state index contributed by atoms with van der Waals surface area (Å²) in [6.45, 7) is 0. The van der Waals surface area contributed by atoms with Crippen molar-refractivity contribution in [3.63, 3.8) is 0 Å². The molecule has 0 spiro atoms. The third-order valence-corrected chi connectivity index (χ3v) is 10.9. The standard InChI is InChI=1S/C44H37N3O/c1-3-13-28(14-4-1)30-23-24-34-33-19-9-11-21-39(33)47(40(34)26-30)44-45-37(29-15-5-2-6-16-29)27-38(46-44)42-32-18-8-7-17-31(32)25-36-35-20-10-12-22-41(35)48-43(36)42/h1-9,11-18,21-24,26-27,31,33,37,44-46H,10,19-20,25H2. The predicted molar refractivity (Wildman–Crippen MR) is 195 cm³/mol. The van der Waals surface area contributed by atoms with Crippen LogP contribution in [0.15, 0.2) is 155 Å². The first-order chi connectivity index (χ1) is 23.8. The molecule has 2 aliphatic heterocycles. The molecule has 4 heteroatoms. The Balaban J connectivity index is 1.14. The smallest absolute Gasteiger partial charge is 0.160 e. The van der Waals surface area contributed by atoms with E-state index in [0.29, 0.717) is 11.8 Å². The second-order valence-electron chi connectivity index (χ2n) is 13.6. The molecule has 6 aliphatic rings. The molecular formula is C44H37N3O. The summed E-state index contributed by atoms with van der Waals surface area (Å²) in [6.07, 6.45) is 26.6. The second-order valence-corrected chi connectivity index (χ2v) is 13.6. The van der Waals surface area contributed by atoms with E-state index in [2.05, 4.69) is 155 Å². The zero-order chi connectivity index (χ0) is 31.6. The van der Waals surface area contributed by atoms with E-state index in [0.717, 1.165) is 42.9 Å². The van der Waals surface area contributed by atoms with Gasteiger partial charge < -0.3 is 14.6 Å². The summed E-state index contributed by atoms with van der Waals surface area (Å²) in [5.41, 5.74) is 14.1. The average molecular weight is 624 g/mol. The Morgan fingerprint density at radius 2 is 1.69 bits per heavy atom. The minimum absolute atomic E-state index is 0.00323. The van der Waals surface area contributed by atoms with Gasteiger partial charge in [0.1, 0.15) is 11.5 Å². The maximum absolute atomic E-state index is 6.81. The molecule has 0 amide bonds. The number of hydrogen-bond acceptors (Lipinski definition) is 4. The number of anilines is 1. The lowest BCUT2D eigenvalue weighted by molar-refractivity contribution is 0.405. The molecule has 10 rings (SSSR count). The summed E-state index contributed by atoms with van der Waals surface area (Å²) in [6, 6.07) is 28.6. The first-order valence-electron chi connectivity index (χ1n) is 17.4. The molecule has 48 heavy (non-hydrogen) atoms. The van der Waals surface area contributed by atoms with Crippen LogP contribution in [-0.2, 0) is 12.8 Å². The maximum Gasteiger partial charge on any atom is 0.160 e. The predicted octanol–water partition coefficient (Wildman–Crippen LogP) is 9.51.